The molecule has 1 N–H and O–H groups in total. The molecule has 0 spiro atoms. The van der Waals surface area contributed by atoms with Crippen LogP contribution >= 0.6 is 0 Å². The third kappa shape index (κ3) is 5.97. The highest BCUT2D eigenvalue weighted by molar-refractivity contribution is 6.03. The minimum atomic E-state index is -4.53. The summed E-state index contributed by atoms with van der Waals surface area (Å²) in [6, 6.07) is 8.51. The molecule has 2 aromatic carbocycles. The van der Waals surface area contributed by atoms with Crippen LogP contribution in [0.15, 0.2) is 48.5 Å². The molecule has 214 valence electrons. The maximum atomic E-state index is 13.7. The molecular weight excluding hydrogens is 525 g/mol. The topological polar surface area (TPSA) is 90.0 Å². The summed E-state index contributed by atoms with van der Waals surface area (Å²) in [5, 5.41) is 2.83. The monoisotopic (exact) mass is 558 g/mol. The first-order chi connectivity index (χ1) is 18.8. The first-order valence-electron chi connectivity index (χ1n) is 13.2. The normalized spacial score (nSPS) is 19.6. The van der Waals surface area contributed by atoms with Crippen molar-refractivity contribution < 1.29 is 32.3 Å². The van der Waals surface area contributed by atoms with Crippen molar-refractivity contribution in [1.29, 1.82) is 0 Å². The minimum absolute atomic E-state index is 0.0384. The Bertz CT molecular complexity index is 1280. The van der Waals surface area contributed by atoms with Crippen molar-refractivity contribution in [3.05, 3.63) is 65.2 Å². The highest BCUT2D eigenvalue weighted by Gasteiger charge is 2.52. The summed E-state index contributed by atoms with van der Waals surface area (Å²) in [4.78, 5) is 57.6. The van der Waals surface area contributed by atoms with Gasteiger partial charge in [-0.1, -0.05) is 13.8 Å². The van der Waals surface area contributed by atoms with Crippen LogP contribution in [0.5, 0.6) is 0 Å². The van der Waals surface area contributed by atoms with E-state index >= 15 is 0 Å². The molecule has 11 heteroatoms. The van der Waals surface area contributed by atoms with Gasteiger partial charge < -0.3 is 20.0 Å². The molecule has 40 heavy (non-hydrogen) atoms. The summed E-state index contributed by atoms with van der Waals surface area (Å²) in [7, 11) is 3.77. The lowest BCUT2D eigenvalue weighted by Gasteiger charge is -2.29. The van der Waals surface area contributed by atoms with Gasteiger partial charge in [-0.15, -0.1) is 0 Å². The van der Waals surface area contributed by atoms with Gasteiger partial charge in [0.2, 0.25) is 5.91 Å². The van der Waals surface area contributed by atoms with Crippen LogP contribution in [0.25, 0.3) is 0 Å². The lowest BCUT2D eigenvalue weighted by molar-refractivity contribution is -0.138. The number of alkyl halides is 3. The number of likely N-dealkylation sites (tertiary alicyclic amines) is 2. The largest absolute Gasteiger partial charge is 0.416 e. The summed E-state index contributed by atoms with van der Waals surface area (Å²) in [5.41, 5.74) is 0.488. The molecule has 2 aliphatic heterocycles. The zero-order valence-electron chi connectivity index (χ0n) is 22.9. The van der Waals surface area contributed by atoms with Gasteiger partial charge in [0.05, 0.1) is 18.2 Å². The Hall–Kier alpha value is -3.89. The highest BCUT2D eigenvalue weighted by Crippen LogP contribution is 2.33. The lowest BCUT2D eigenvalue weighted by Crippen LogP contribution is -2.53. The Morgan fingerprint density at radius 3 is 2.12 bits per heavy atom. The lowest BCUT2D eigenvalue weighted by atomic mass is 10.0. The SMILES string of the molecule is CC(C)CC(NC(=O)c1ccc(N(C)C)cc1)C(=O)N1CCC2C1C(=O)CN2C(=O)c1ccc(C(F)(F)F)cc1. The van der Waals surface area contributed by atoms with Gasteiger partial charge in [0.15, 0.2) is 5.78 Å². The number of hydrogen-bond acceptors (Lipinski definition) is 5. The molecule has 3 atom stereocenters. The molecule has 2 fully saturated rings. The molecule has 2 heterocycles. The Morgan fingerprint density at radius 1 is 0.975 bits per heavy atom. The molecule has 3 amide bonds. The van der Waals surface area contributed by atoms with Crippen molar-refractivity contribution in [2.75, 3.05) is 32.1 Å². The summed E-state index contributed by atoms with van der Waals surface area (Å²) in [6.45, 7) is 3.84. The number of benzene rings is 2. The van der Waals surface area contributed by atoms with Crippen molar-refractivity contribution in [2.45, 2.75) is 51.0 Å². The first kappa shape index (κ1) is 29.1. The number of halogens is 3. The molecule has 0 aromatic heterocycles. The van der Waals surface area contributed by atoms with E-state index in [4.69, 9.17) is 0 Å². The van der Waals surface area contributed by atoms with Gasteiger partial charge in [0, 0.05) is 37.5 Å². The number of nitrogens with one attached hydrogen (secondary N) is 1. The maximum absolute atomic E-state index is 13.7. The summed E-state index contributed by atoms with van der Waals surface area (Å²) < 4.78 is 38.8. The number of nitrogens with zero attached hydrogens (tertiary/aromatic N) is 3. The number of anilines is 1. The number of carbonyl (C=O) groups is 4. The molecule has 0 radical (unpaired) electrons. The molecule has 4 rings (SSSR count). The van der Waals surface area contributed by atoms with Crippen LogP contribution in [0.2, 0.25) is 0 Å². The summed E-state index contributed by atoms with van der Waals surface area (Å²) in [5.74, 6) is -1.60. The molecule has 8 nitrogen and oxygen atoms in total. The number of ketones is 1. The zero-order valence-corrected chi connectivity index (χ0v) is 22.9. The number of fused-ring (bicyclic) bond motifs is 1. The number of carbonyl (C=O) groups excluding carboxylic acids is 4. The first-order valence-corrected chi connectivity index (χ1v) is 13.2. The highest BCUT2D eigenvalue weighted by atomic mass is 19.4. The predicted octanol–water partition coefficient (Wildman–Crippen LogP) is 3.61. The molecule has 3 unspecified atom stereocenters. The van der Waals surface area contributed by atoms with Crippen LogP contribution in [0.3, 0.4) is 0 Å². The van der Waals surface area contributed by atoms with E-state index in [1.807, 2.05) is 32.8 Å². The third-order valence-corrected chi connectivity index (χ3v) is 7.38. The van der Waals surface area contributed by atoms with E-state index in [9.17, 15) is 32.3 Å². The Labute approximate surface area is 231 Å². The van der Waals surface area contributed by atoms with Crippen LogP contribution in [-0.2, 0) is 15.8 Å². The molecule has 0 aliphatic carbocycles. The quantitative estimate of drug-likeness (QED) is 0.561. The fourth-order valence-electron chi connectivity index (χ4n) is 5.35. The van der Waals surface area contributed by atoms with Gasteiger partial charge in [-0.2, -0.15) is 13.2 Å². The molecule has 0 saturated carbocycles. The fourth-order valence-corrected chi connectivity index (χ4v) is 5.35. The van der Waals surface area contributed by atoms with Gasteiger partial charge in [-0.05, 0) is 67.3 Å². The van der Waals surface area contributed by atoms with Crippen LogP contribution in [0.4, 0.5) is 18.9 Å². The second-order valence-electron chi connectivity index (χ2n) is 10.9. The second kappa shape index (κ2) is 11.3. The van der Waals surface area contributed by atoms with E-state index in [-0.39, 0.29) is 30.4 Å². The molecule has 2 aromatic rings. The van der Waals surface area contributed by atoms with Crippen LogP contribution in [0, 0.1) is 5.92 Å². The van der Waals surface area contributed by atoms with Crippen LogP contribution in [0.1, 0.15) is 53.0 Å². The van der Waals surface area contributed by atoms with Crippen molar-refractivity contribution in [3.8, 4) is 0 Å². The zero-order chi connectivity index (χ0) is 29.4. The predicted molar refractivity (Wildman–Crippen MR) is 143 cm³/mol. The summed E-state index contributed by atoms with van der Waals surface area (Å²) in [6.07, 6.45) is -3.82. The smallest absolute Gasteiger partial charge is 0.378 e. The fraction of sp³-hybridized carbons (Fsp3) is 0.448. The maximum Gasteiger partial charge on any atom is 0.416 e. The molecule has 2 aliphatic rings. The van der Waals surface area contributed by atoms with E-state index in [0.717, 1.165) is 30.0 Å². The minimum Gasteiger partial charge on any atom is -0.378 e. The van der Waals surface area contributed by atoms with E-state index < -0.39 is 47.6 Å². The Kier molecular flexibility index (Phi) is 8.23. The second-order valence-corrected chi connectivity index (χ2v) is 10.9. The summed E-state index contributed by atoms with van der Waals surface area (Å²) >= 11 is 0. The van der Waals surface area contributed by atoms with Crippen LogP contribution in [-0.4, -0.2) is 78.6 Å². The van der Waals surface area contributed by atoms with Crippen molar-refractivity contribution >= 4 is 29.2 Å². The van der Waals surface area contributed by atoms with Gasteiger partial charge >= 0.3 is 6.18 Å². The van der Waals surface area contributed by atoms with Crippen molar-refractivity contribution in [1.82, 2.24) is 15.1 Å². The number of hydrogen-bond donors (Lipinski definition) is 1. The molecular formula is C29H33F3N4O4. The average molecular weight is 559 g/mol. The van der Waals surface area contributed by atoms with E-state index in [2.05, 4.69) is 5.32 Å². The van der Waals surface area contributed by atoms with Gasteiger partial charge in [-0.3, -0.25) is 19.2 Å². The third-order valence-electron chi connectivity index (χ3n) is 7.38. The van der Waals surface area contributed by atoms with E-state index in [1.54, 1.807) is 24.3 Å². The van der Waals surface area contributed by atoms with Crippen LogP contribution < -0.4 is 10.2 Å². The van der Waals surface area contributed by atoms with Gasteiger partial charge in [0.25, 0.3) is 11.8 Å². The van der Waals surface area contributed by atoms with E-state index in [0.29, 0.717) is 18.4 Å². The van der Waals surface area contributed by atoms with Crippen molar-refractivity contribution in [3.63, 3.8) is 0 Å². The average Bonchev–Trinajstić information content (AvgIpc) is 3.48. The molecule has 0 bridgehead atoms. The number of rotatable bonds is 7. The van der Waals surface area contributed by atoms with Gasteiger partial charge in [-0.25, -0.2) is 0 Å². The Morgan fingerprint density at radius 2 is 1.57 bits per heavy atom. The standard InChI is InChI=1S/C29H33F3N4O4/c1-17(2)15-22(33-26(38)18-7-11-21(12-8-18)34(3)4)28(40)35-14-13-23-25(35)24(37)16-36(23)27(39)19-5-9-20(10-6-19)29(30,31)32/h5-12,17,22-23,25H,13-16H2,1-4H3,(H,33,38). The van der Waals surface area contributed by atoms with E-state index in [1.165, 1.54) is 9.80 Å². The molecule has 2 saturated heterocycles. The Balaban J connectivity index is 1.49. The number of Topliss-reactive ketones (excluding diaryl/α,β-unsaturated/α-hetero) is 1. The van der Waals surface area contributed by atoms with Crippen molar-refractivity contribution in [2.24, 2.45) is 5.92 Å². The van der Waals surface area contributed by atoms with Gasteiger partial charge in [0.1, 0.15) is 12.1 Å². The number of amides is 3.